The fraction of sp³-hybridized carbons (Fsp3) is 0.105. The summed E-state index contributed by atoms with van der Waals surface area (Å²) >= 11 is 1.59. The topological polar surface area (TPSA) is 38.1 Å². The van der Waals surface area contributed by atoms with Crippen LogP contribution < -0.4 is 0 Å². The van der Waals surface area contributed by atoms with Crippen molar-refractivity contribution in [3.05, 3.63) is 77.2 Å². The van der Waals surface area contributed by atoms with E-state index >= 15 is 0 Å². The monoisotopic (exact) mass is 320 g/mol. The first-order valence-corrected chi connectivity index (χ1v) is 8.36. The predicted octanol–water partition coefficient (Wildman–Crippen LogP) is 4.31. The average Bonchev–Trinajstić information content (AvgIpc) is 3.21. The van der Waals surface area contributed by atoms with Crippen LogP contribution in [0.5, 0.6) is 0 Å². The van der Waals surface area contributed by atoms with E-state index in [1.165, 1.54) is 5.56 Å². The molecule has 0 aliphatic rings. The summed E-state index contributed by atoms with van der Waals surface area (Å²) in [4.78, 5) is 2.05. The van der Waals surface area contributed by atoms with E-state index in [9.17, 15) is 5.11 Å². The van der Waals surface area contributed by atoms with Crippen molar-refractivity contribution in [2.75, 3.05) is 0 Å². The normalized spacial score (nSPS) is 11.2. The molecular weight excluding hydrogens is 304 g/mol. The van der Waals surface area contributed by atoms with Crippen molar-refractivity contribution in [1.82, 2.24) is 9.78 Å². The van der Waals surface area contributed by atoms with Gasteiger partial charge in [-0.3, -0.25) is 4.68 Å². The van der Waals surface area contributed by atoms with Crippen LogP contribution in [0.4, 0.5) is 0 Å². The Balaban J connectivity index is 1.83. The molecule has 3 nitrogen and oxygen atoms in total. The molecule has 0 radical (unpaired) electrons. The molecule has 0 aliphatic heterocycles. The van der Waals surface area contributed by atoms with E-state index in [0.717, 1.165) is 32.9 Å². The maximum atomic E-state index is 9.30. The van der Waals surface area contributed by atoms with Gasteiger partial charge in [-0.2, -0.15) is 5.10 Å². The smallest absolute Gasteiger partial charge is 0.110 e. The molecule has 4 heteroatoms. The van der Waals surface area contributed by atoms with Crippen LogP contribution >= 0.6 is 11.3 Å². The summed E-state index contributed by atoms with van der Waals surface area (Å²) in [6, 6.07) is 22.7. The SMILES string of the molecule is OCc1ccc(-c2nn(Cc3ccccc3)c3ccccc23)s1. The average molecular weight is 320 g/mol. The molecule has 0 aliphatic carbocycles. The Hall–Kier alpha value is -2.43. The Kier molecular flexibility index (Phi) is 3.69. The van der Waals surface area contributed by atoms with Gasteiger partial charge in [-0.05, 0) is 23.8 Å². The Morgan fingerprint density at radius 3 is 2.48 bits per heavy atom. The van der Waals surface area contributed by atoms with Gasteiger partial charge in [0.1, 0.15) is 5.69 Å². The van der Waals surface area contributed by atoms with Crippen LogP contribution in [0, 0.1) is 0 Å². The quantitative estimate of drug-likeness (QED) is 0.608. The lowest BCUT2D eigenvalue weighted by Crippen LogP contribution is -2.01. The molecule has 0 fully saturated rings. The molecule has 114 valence electrons. The van der Waals surface area contributed by atoms with E-state index in [1.807, 2.05) is 30.3 Å². The standard InChI is InChI=1S/C19H16N2OS/c22-13-15-10-11-18(23-15)19-16-8-4-5-9-17(16)21(20-19)12-14-6-2-1-3-7-14/h1-11,22H,12-13H2. The summed E-state index contributed by atoms with van der Waals surface area (Å²) in [5.41, 5.74) is 3.35. The van der Waals surface area contributed by atoms with Gasteiger partial charge in [-0.15, -0.1) is 11.3 Å². The zero-order chi connectivity index (χ0) is 15.6. The molecule has 2 aromatic carbocycles. The number of aromatic nitrogens is 2. The van der Waals surface area contributed by atoms with Gasteiger partial charge in [-0.25, -0.2) is 0 Å². The number of nitrogens with zero attached hydrogens (tertiary/aromatic N) is 2. The summed E-state index contributed by atoms with van der Waals surface area (Å²) < 4.78 is 2.05. The van der Waals surface area contributed by atoms with E-state index in [-0.39, 0.29) is 6.61 Å². The molecule has 0 atom stereocenters. The number of rotatable bonds is 4. The highest BCUT2D eigenvalue weighted by atomic mass is 32.1. The van der Waals surface area contributed by atoms with Crippen molar-refractivity contribution >= 4 is 22.2 Å². The third kappa shape index (κ3) is 2.67. The van der Waals surface area contributed by atoms with Gasteiger partial charge < -0.3 is 5.11 Å². The second-order valence-corrected chi connectivity index (χ2v) is 6.60. The first kappa shape index (κ1) is 14.2. The minimum absolute atomic E-state index is 0.0767. The molecule has 4 rings (SSSR count). The fourth-order valence-electron chi connectivity index (χ4n) is 2.78. The van der Waals surface area contributed by atoms with Crippen LogP contribution in [0.3, 0.4) is 0 Å². The van der Waals surface area contributed by atoms with Crippen molar-refractivity contribution < 1.29 is 5.11 Å². The molecule has 2 aromatic heterocycles. The lowest BCUT2D eigenvalue weighted by atomic mass is 10.2. The van der Waals surface area contributed by atoms with Crippen molar-refractivity contribution in [2.45, 2.75) is 13.2 Å². The van der Waals surface area contributed by atoms with Crippen LogP contribution in [0.25, 0.3) is 21.5 Å². The maximum absolute atomic E-state index is 9.30. The number of para-hydroxylation sites is 1. The Labute approximate surface area is 138 Å². The third-order valence-corrected chi connectivity index (χ3v) is 4.96. The lowest BCUT2D eigenvalue weighted by Gasteiger charge is -2.03. The highest BCUT2D eigenvalue weighted by Crippen LogP contribution is 2.33. The van der Waals surface area contributed by atoms with Crippen molar-refractivity contribution in [3.8, 4) is 10.6 Å². The number of aliphatic hydroxyl groups excluding tert-OH is 1. The summed E-state index contributed by atoms with van der Waals surface area (Å²) in [6.45, 7) is 0.826. The van der Waals surface area contributed by atoms with Crippen molar-refractivity contribution in [2.24, 2.45) is 0 Å². The minimum Gasteiger partial charge on any atom is -0.391 e. The van der Waals surface area contributed by atoms with Gasteiger partial charge in [0, 0.05) is 10.3 Å². The van der Waals surface area contributed by atoms with Crippen LogP contribution in [0.2, 0.25) is 0 Å². The van der Waals surface area contributed by atoms with Gasteiger partial charge in [0.2, 0.25) is 0 Å². The largest absolute Gasteiger partial charge is 0.391 e. The highest BCUT2D eigenvalue weighted by molar-refractivity contribution is 7.15. The van der Waals surface area contributed by atoms with E-state index in [1.54, 1.807) is 11.3 Å². The minimum atomic E-state index is 0.0767. The predicted molar refractivity (Wildman–Crippen MR) is 94.5 cm³/mol. The Bertz CT molecular complexity index is 940. The molecule has 0 spiro atoms. The zero-order valence-electron chi connectivity index (χ0n) is 12.5. The fourth-order valence-corrected chi connectivity index (χ4v) is 3.64. The highest BCUT2D eigenvalue weighted by Gasteiger charge is 2.14. The molecule has 0 bridgehead atoms. The zero-order valence-corrected chi connectivity index (χ0v) is 13.3. The maximum Gasteiger partial charge on any atom is 0.110 e. The molecule has 23 heavy (non-hydrogen) atoms. The van der Waals surface area contributed by atoms with Gasteiger partial charge in [0.15, 0.2) is 0 Å². The molecular formula is C19H16N2OS. The Morgan fingerprint density at radius 2 is 1.70 bits per heavy atom. The van der Waals surface area contributed by atoms with E-state index in [4.69, 9.17) is 5.10 Å². The van der Waals surface area contributed by atoms with Gasteiger partial charge in [0.25, 0.3) is 0 Å². The lowest BCUT2D eigenvalue weighted by molar-refractivity contribution is 0.285. The summed E-state index contributed by atoms with van der Waals surface area (Å²) in [5.74, 6) is 0. The van der Waals surface area contributed by atoms with Crippen molar-refractivity contribution in [3.63, 3.8) is 0 Å². The number of hydrogen-bond acceptors (Lipinski definition) is 3. The van der Waals surface area contributed by atoms with Crippen LogP contribution in [-0.2, 0) is 13.2 Å². The number of fused-ring (bicyclic) bond motifs is 1. The molecule has 0 saturated heterocycles. The van der Waals surface area contributed by atoms with E-state index < -0.39 is 0 Å². The van der Waals surface area contributed by atoms with E-state index in [2.05, 4.69) is 41.1 Å². The van der Waals surface area contributed by atoms with Gasteiger partial charge in [0.05, 0.1) is 23.5 Å². The molecule has 4 aromatic rings. The molecule has 0 amide bonds. The molecule has 2 heterocycles. The van der Waals surface area contributed by atoms with Gasteiger partial charge in [-0.1, -0.05) is 48.5 Å². The van der Waals surface area contributed by atoms with E-state index in [0.29, 0.717) is 0 Å². The number of aliphatic hydroxyl groups is 1. The third-order valence-electron chi connectivity index (χ3n) is 3.88. The second-order valence-electron chi connectivity index (χ2n) is 5.43. The van der Waals surface area contributed by atoms with Crippen LogP contribution in [0.15, 0.2) is 66.7 Å². The number of hydrogen-bond donors (Lipinski definition) is 1. The summed E-state index contributed by atoms with van der Waals surface area (Å²) in [5, 5.41) is 15.3. The summed E-state index contributed by atoms with van der Waals surface area (Å²) in [6.07, 6.45) is 0. The molecule has 0 saturated carbocycles. The molecule has 0 unspecified atom stereocenters. The molecule has 1 N–H and O–H groups in total. The second kappa shape index (κ2) is 5.99. The van der Waals surface area contributed by atoms with Crippen LogP contribution in [-0.4, -0.2) is 14.9 Å². The summed E-state index contributed by atoms with van der Waals surface area (Å²) in [7, 11) is 0. The number of thiophene rings is 1. The number of benzene rings is 2. The van der Waals surface area contributed by atoms with Gasteiger partial charge >= 0.3 is 0 Å². The van der Waals surface area contributed by atoms with Crippen LogP contribution in [0.1, 0.15) is 10.4 Å². The first-order chi connectivity index (χ1) is 11.3. The first-order valence-electron chi connectivity index (χ1n) is 7.54. The Morgan fingerprint density at radius 1 is 0.913 bits per heavy atom. The van der Waals surface area contributed by atoms with Crippen molar-refractivity contribution in [1.29, 1.82) is 0 Å².